The minimum atomic E-state index is 0.488. The zero-order valence-electron chi connectivity index (χ0n) is 11.8. The van der Waals surface area contributed by atoms with E-state index < -0.39 is 0 Å². The van der Waals surface area contributed by atoms with E-state index in [0.29, 0.717) is 10.8 Å². The van der Waals surface area contributed by atoms with E-state index in [0.717, 1.165) is 0 Å². The van der Waals surface area contributed by atoms with E-state index in [2.05, 4.69) is 48.0 Å². The summed E-state index contributed by atoms with van der Waals surface area (Å²) in [4.78, 5) is 0. The van der Waals surface area contributed by atoms with E-state index in [1.807, 2.05) is 0 Å². The molecule has 0 aliphatic heterocycles. The molecule has 0 N–H and O–H groups in total. The predicted octanol–water partition coefficient (Wildman–Crippen LogP) is 5.62. The Kier molecular flexibility index (Phi) is 6.55. The Bertz CT molecular complexity index is 115. The molecule has 91 valence electrons. The molecule has 0 amide bonds. The minimum Gasteiger partial charge on any atom is -0.0648 e. The lowest BCUT2D eigenvalue weighted by Crippen LogP contribution is -2.30. The second-order valence-corrected chi connectivity index (χ2v) is 4.99. The Morgan fingerprint density at radius 3 is 0.867 bits per heavy atom. The fraction of sp³-hybridized carbons (Fsp3) is 0.933. The first kappa shape index (κ1) is 15.0. The summed E-state index contributed by atoms with van der Waals surface area (Å²) < 4.78 is 0. The van der Waals surface area contributed by atoms with Crippen LogP contribution >= 0.6 is 0 Å². The van der Waals surface area contributed by atoms with E-state index in [1.54, 1.807) is 0 Å². The number of hydrogen-bond acceptors (Lipinski definition) is 0. The molecule has 0 rings (SSSR count). The second kappa shape index (κ2) is 6.55. The highest BCUT2D eigenvalue weighted by Crippen LogP contribution is 2.46. The van der Waals surface area contributed by atoms with Gasteiger partial charge in [-0.15, -0.1) is 0 Å². The fourth-order valence-electron chi connectivity index (χ4n) is 2.76. The van der Waals surface area contributed by atoms with E-state index in [-0.39, 0.29) is 0 Å². The Labute approximate surface area is 97.8 Å². The van der Waals surface area contributed by atoms with Crippen LogP contribution in [0, 0.1) is 17.3 Å². The third-order valence-corrected chi connectivity index (χ3v) is 4.84. The largest absolute Gasteiger partial charge is 0.0648 e. The summed E-state index contributed by atoms with van der Waals surface area (Å²) in [6.07, 6.45) is 10.5. The molecule has 0 fully saturated rings. The van der Waals surface area contributed by atoms with E-state index in [1.165, 1.54) is 38.5 Å². The van der Waals surface area contributed by atoms with Crippen molar-refractivity contribution in [1.82, 2.24) is 0 Å². The molecule has 0 aliphatic carbocycles. The molecule has 0 aromatic heterocycles. The van der Waals surface area contributed by atoms with Crippen LogP contribution < -0.4 is 0 Å². The van der Waals surface area contributed by atoms with Gasteiger partial charge in [0.2, 0.25) is 0 Å². The summed E-state index contributed by atoms with van der Waals surface area (Å²) in [6.45, 7) is 14.1. The summed E-state index contributed by atoms with van der Waals surface area (Å²) in [5.74, 6) is 0. The Morgan fingerprint density at radius 2 is 0.733 bits per heavy atom. The standard InChI is InChI=1S/C15H31/c1-7-14(8-2,9-3)13-15(10-4,11-5)12-6/h13H,7-12H2,1-6H3. The Morgan fingerprint density at radius 1 is 0.533 bits per heavy atom. The van der Waals surface area contributed by atoms with Gasteiger partial charge in [0.05, 0.1) is 0 Å². The first-order chi connectivity index (χ1) is 7.07. The fourth-order valence-corrected chi connectivity index (χ4v) is 2.76. The van der Waals surface area contributed by atoms with E-state index in [4.69, 9.17) is 0 Å². The summed E-state index contributed by atoms with van der Waals surface area (Å²) >= 11 is 0. The maximum atomic E-state index is 2.71. The molecule has 0 unspecified atom stereocenters. The molecule has 1 radical (unpaired) electrons. The van der Waals surface area contributed by atoms with Gasteiger partial charge in [-0.1, -0.05) is 80.1 Å². The molecule has 0 atom stereocenters. The molecule has 0 bridgehead atoms. The molecule has 0 aromatic carbocycles. The van der Waals surface area contributed by atoms with Crippen LogP contribution in [0.2, 0.25) is 0 Å². The van der Waals surface area contributed by atoms with E-state index in [9.17, 15) is 0 Å². The van der Waals surface area contributed by atoms with Gasteiger partial charge in [-0.05, 0) is 17.3 Å². The Hall–Kier alpha value is 0. The van der Waals surface area contributed by atoms with Gasteiger partial charge in [0.25, 0.3) is 0 Å². The van der Waals surface area contributed by atoms with Gasteiger partial charge in [0, 0.05) is 0 Å². The zero-order chi connectivity index (χ0) is 11.9. The highest BCUT2D eigenvalue weighted by Gasteiger charge is 2.35. The van der Waals surface area contributed by atoms with Crippen LogP contribution in [0.3, 0.4) is 0 Å². The minimum absolute atomic E-state index is 0.488. The molecule has 0 saturated carbocycles. The van der Waals surface area contributed by atoms with Gasteiger partial charge in [-0.3, -0.25) is 0 Å². The molecule has 0 heteroatoms. The van der Waals surface area contributed by atoms with Crippen molar-refractivity contribution in [3.05, 3.63) is 6.42 Å². The van der Waals surface area contributed by atoms with Crippen LogP contribution in [-0.4, -0.2) is 0 Å². The van der Waals surface area contributed by atoms with Crippen molar-refractivity contribution < 1.29 is 0 Å². The zero-order valence-corrected chi connectivity index (χ0v) is 11.8. The van der Waals surface area contributed by atoms with Crippen molar-refractivity contribution in [3.63, 3.8) is 0 Å². The first-order valence-corrected chi connectivity index (χ1v) is 6.94. The van der Waals surface area contributed by atoms with Crippen molar-refractivity contribution in [2.75, 3.05) is 0 Å². The third-order valence-electron chi connectivity index (χ3n) is 4.84. The van der Waals surface area contributed by atoms with Gasteiger partial charge in [0.15, 0.2) is 0 Å². The molecular formula is C15H31. The topological polar surface area (TPSA) is 0 Å². The molecule has 0 nitrogen and oxygen atoms in total. The van der Waals surface area contributed by atoms with Gasteiger partial charge >= 0.3 is 0 Å². The van der Waals surface area contributed by atoms with Crippen LogP contribution in [0.1, 0.15) is 80.1 Å². The highest BCUT2D eigenvalue weighted by molar-refractivity contribution is 5.01. The lowest BCUT2D eigenvalue weighted by Gasteiger charge is -2.41. The molecule has 0 heterocycles. The second-order valence-electron chi connectivity index (χ2n) is 4.99. The molecular weight excluding hydrogens is 180 g/mol. The smallest absolute Gasteiger partial charge is 0.0262 e. The summed E-state index contributed by atoms with van der Waals surface area (Å²) in [6, 6.07) is 0. The van der Waals surface area contributed by atoms with Crippen LogP contribution in [0.25, 0.3) is 0 Å². The van der Waals surface area contributed by atoms with Crippen molar-refractivity contribution >= 4 is 0 Å². The summed E-state index contributed by atoms with van der Waals surface area (Å²) in [7, 11) is 0. The van der Waals surface area contributed by atoms with Crippen LogP contribution in [-0.2, 0) is 0 Å². The lowest BCUT2D eigenvalue weighted by atomic mass is 9.64. The average Bonchev–Trinajstić information content (AvgIpc) is 2.33. The van der Waals surface area contributed by atoms with Crippen LogP contribution in [0.15, 0.2) is 0 Å². The highest BCUT2D eigenvalue weighted by atomic mass is 14.4. The molecule has 0 spiro atoms. The molecule has 0 saturated heterocycles. The predicted molar refractivity (Wildman–Crippen MR) is 70.9 cm³/mol. The van der Waals surface area contributed by atoms with Gasteiger partial charge in [-0.25, -0.2) is 0 Å². The normalized spacial score (nSPS) is 13.2. The van der Waals surface area contributed by atoms with Crippen molar-refractivity contribution in [1.29, 1.82) is 0 Å². The van der Waals surface area contributed by atoms with Crippen molar-refractivity contribution in [3.8, 4) is 0 Å². The van der Waals surface area contributed by atoms with Gasteiger partial charge in [-0.2, -0.15) is 0 Å². The number of rotatable bonds is 8. The van der Waals surface area contributed by atoms with Crippen molar-refractivity contribution in [2.24, 2.45) is 10.8 Å². The van der Waals surface area contributed by atoms with Crippen LogP contribution in [0.4, 0.5) is 0 Å². The van der Waals surface area contributed by atoms with Gasteiger partial charge in [0.1, 0.15) is 0 Å². The Balaban J connectivity index is 4.74. The molecule has 0 aromatic rings. The monoisotopic (exact) mass is 211 g/mol. The molecule has 15 heavy (non-hydrogen) atoms. The average molecular weight is 211 g/mol. The summed E-state index contributed by atoms with van der Waals surface area (Å²) in [5, 5.41) is 0. The maximum absolute atomic E-state index is 2.71. The van der Waals surface area contributed by atoms with Crippen LogP contribution in [0.5, 0.6) is 0 Å². The number of hydrogen-bond donors (Lipinski definition) is 0. The van der Waals surface area contributed by atoms with Crippen molar-refractivity contribution in [2.45, 2.75) is 80.1 Å². The maximum Gasteiger partial charge on any atom is -0.0262 e. The first-order valence-electron chi connectivity index (χ1n) is 6.94. The lowest BCUT2D eigenvalue weighted by molar-refractivity contribution is 0.188. The van der Waals surface area contributed by atoms with Gasteiger partial charge < -0.3 is 0 Å². The quantitative estimate of drug-likeness (QED) is 0.488. The summed E-state index contributed by atoms with van der Waals surface area (Å²) in [5.41, 5.74) is 0.976. The third kappa shape index (κ3) is 3.50. The van der Waals surface area contributed by atoms with E-state index >= 15 is 0 Å². The molecule has 0 aliphatic rings. The SMILES string of the molecule is CCC([CH]C(CC)(CC)CC)(CC)CC.